The van der Waals surface area contributed by atoms with E-state index in [1.807, 2.05) is 30.3 Å². The summed E-state index contributed by atoms with van der Waals surface area (Å²) in [6.45, 7) is 2.49. The number of ether oxygens (including phenoxy) is 1. The van der Waals surface area contributed by atoms with Crippen molar-refractivity contribution >= 4 is 12.1 Å². The first kappa shape index (κ1) is 13.4. The molecule has 0 bridgehead atoms. The van der Waals surface area contributed by atoms with Crippen molar-refractivity contribution in [2.45, 2.75) is 20.0 Å². The second kappa shape index (κ2) is 5.30. The van der Waals surface area contributed by atoms with Crippen LogP contribution >= 0.6 is 0 Å². The summed E-state index contributed by atoms with van der Waals surface area (Å²) in [6.07, 6.45) is 0.0109. The molecule has 1 amide bonds. The topological polar surface area (TPSA) is 66.8 Å². The fourth-order valence-electron chi connectivity index (χ4n) is 2.10. The van der Waals surface area contributed by atoms with Crippen molar-refractivity contribution in [3.63, 3.8) is 0 Å². The third-order valence-electron chi connectivity index (χ3n) is 3.45. The molecule has 102 valence electrons. The Hall–Kier alpha value is -2.04. The summed E-state index contributed by atoms with van der Waals surface area (Å²) in [5.41, 5.74) is 0.0576. The van der Waals surface area contributed by atoms with Crippen molar-refractivity contribution in [3.05, 3.63) is 35.9 Å². The Balaban J connectivity index is 1.87. The molecule has 1 heterocycles. The number of aliphatic carboxylic acids is 1. The van der Waals surface area contributed by atoms with Gasteiger partial charge in [0.2, 0.25) is 0 Å². The Morgan fingerprint density at radius 2 is 2.05 bits per heavy atom. The standard InChI is InChI=1S/C14H17NO4/c1-14(12(16)17)7-8-15(10-14)13(18)19-9-11-5-3-2-4-6-11/h2-6H,7-10H2,1H3,(H,16,17)/t14-/m0/s1. The second-order valence-corrected chi connectivity index (χ2v) is 5.08. The first-order valence-electron chi connectivity index (χ1n) is 6.20. The summed E-state index contributed by atoms with van der Waals surface area (Å²) < 4.78 is 5.18. The third-order valence-corrected chi connectivity index (χ3v) is 3.45. The number of rotatable bonds is 3. The molecule has 0 spiro atoms. The molecule has 0 radical (unpaired) electrons. The first-order valence-corrected chi connectivity index (χ1v) is 6.20. The summed E-state index contributed by atoms with van der Waals surface area (Å²) in [7, 11) is 0. The van der Waals surface area contributed by atoms with Gasteiger partial charge in [0.25, 0.3) is 0 Å². The molecule has 1 saturated heterocycles. The van der Waals surface area contributed by atoms with E-state index in [0.717, 1.165) is 5.56 Å². The normalized spacial score (nSPS) is 22.3. The van der Waals surface area contributed by atoms with Crippen molar-refractivity contribution < 1.29 is 19.4 Å². The fraction of sp³-hybridized carbons (Fsp3) is 0.429. The van der Waals surface area contributed by atoms with E-state index in [1.165, 1.54) is 4.90 Å². The summed E-state index contributed by atoms with van der Waals surface area (Å²) in [5, 5.41) is 9.10. The molecule has 1 fully saturated rings. The number of carboxylic acids is 1. The number of likely N-dealkylation sites (tertiary alicyclic amines) is 1. The van der Waals surface area contributed by atoms with Gasteiger partial charge in [0, 0.05) is 13.1 Å². The molecule has 19 heavy (non-hydrogen) atoms. The third kappa shape index (κ3) is 3.05. The Bertz CT molecular complexity index is 474. The zero-order valence-electron chi connectivity index (χ0n) is 10.8. The average molecular weight is 263 g/mol. The van der Waals surface area contributed by atoms with Gasteiger partial charge in [0.1, 0.15) is 6.61 Å². The highest BCUT2D eigenvalue weighted by atomic mass is 16.6. The van der Waals surface area contributed by atoms with Crippen LogP contribution in [0.4, 0.5) is 4.79 Å². The maximum atomic E-state index is 11.8. The lowest BCUT2D eigenvalue weighted by molar-refractivity contribution is -0.147. The first-order chi connectivity index (χ1) is 9.01. The van der Waals surface area contributed by atoms with Crippen LogP contribution in [0.3, 0.4) is 0 Å². The molecule has 1 aliphatic heterocycles. The molecule has 0 unspecified atom stereocenters. The van der Waals surface area contributed by atoms with Gasteiger partial charge < -0.3 is 14.7 Å². The molecule has 1 aliphatic rings. The van der Waals surface area contributed by atoms with Gasteiger partial charge in [-0.1, -0.05) is 30.3 Å². The Morgan fingerprint density at radius 3 is 2.63 bits per heavy atom. The van der Waals surface area contributed by atoms with Gasteiger partial charge in [0.05, 0.1) is 5.41 Å². The van der Waals surface area contributed by atoms with E-state index in [-0.39, 0.29) is 13.2 Å². The highest BCUT2D eigenvalue weighted by Gasteiger charge is 2.42. The summed E-state index contributed by atoms with van der Waals surface area (Å²) >= 11 is 0. The largest absolute Gasteiger partial charge is 0.481 e. The maximum Gasteiger partial charge on any atom is 0.410 e. The van der Waals surface area contributed by atoms with Crippen LogP contribution in [0, 0.1) is 5.41 Å². The van der Waals surface area contributed by atoms with Gasteiger partial charge in [-0.3, -0.25) is 4.79 Å². The molecule has 5 heteroatoms. The lowest BCUT2D eigenvalue weighted by atomic mass is 9.90. The molecule has 1 aromatic carbocycles. The number of amides is 1. The van der Waals surface area contributed by atoms with E-state index in [9.17, 15) is 9.59 Å². The van der Waals surface area contributed by atoms with E-state index in [2.05, 4.69) is 0 Å². The van der Waals surface area contributed by atoms with Crippen LogP contribution in [0.5, 0.6) is 0 Å². The fourth-order valence-corrected chi connectivity index (χ4v) is 2.10. The predicted octanol–water partition coefficient (Wildman–Crippen LogP) is 2.12. The zero-order chi connectivity index (χ0) is 13.9. The van der Waals surface area contributed by atoms with Crippen molar-refractivity contribution in [3.8, 4) is 0 Å². The van der Waals surface area contributed by atoms with Gasteiger partial charge >= 0.3 is 12.1 Å². The Kier molecular flexibility index (Phi) is 3.74. The van der Waals surface area contributed by atoms with E-state index in [4.69, 9.17) is 9.84 Å². The van der Waals surface area contributed by atoms with Crippen molar-refractivity contribution in [2.75, 3.05) is 13.1 Å². The van der Waals surface area contributed by atoms with Crippen LogP contribution in [0.2, 0.25) is 0 Å². The van der Waals surface area contributed by atoms with Crippen LogP contribution in [0.25, 0.3) is 0 Å². The number of nitrogens with zero attached hydrogens (tertiary/aromatic N) is 1. The molecule has 0 saturated carbocycles. The van der Waals surface area contributed by atoms with Crippen molar-refractivity contribution in [2.24, 2.45) is 5.41 Å². The van der Waals surface area contributed by atoms with E-state index >= 15 is 0 Å². The molecular formula is C14H17NO4. The number of hydrogen-bond acceptors (Lipinski definition) is 3. The Morgan fingerprint density at radius 1 is 1.37 bits per heavy atom. The lowest BCUT2D eigenvalue weighted by Gasteiger charge is -2.19. The molecule has 1 N–H and O–H groups in total. The van der Waals surface area contributed by atoms with Crippen LogP contribution < -0.4 is 0 Å². The van der Waals surface area contributed by atoms with Crippen molar-refractivity contribution in [1.82, 2.24) is 4.90 Å². The number of carbonyl (C=O) groups excluding carboxylic acids is 1. The highest BCUT2D eigenvalue weighted by molar-refractivity contribution is 5.77. The van der Waals surface area contributed by atoms with Crippen LogP contribution in [-0.2, 0) is 16.1 Å². The summed E-state index contributed by atoms with van der Waals surface area (Å²) in [4.78, 5) is 24.4. The minimum atomic E-state index is -0.870. The average Bonchev–Trinajstić information content (AvgIpc) is 2.81. The second-order valence-electron chi connectivity index (χ2n) is 5.08. The van der Waals surface area contributed by atoms with Crippen LogP contribution in [-0.4, -0.2) is 35.2 Å². The molecule has 2 rings (SSSR count). The minimum Gasteiger partial charge on any atom is -0.481 e. The number of carbonyl (C=O) groups is 2. The Labute approximate surface area is 111 Å². The summed E-state index contributed by atoms with van der Waals surface area (Å²) in [5.74, 6) is -0.870. The number of carboxylic acid groups (broad SMARTS) is 1. The highest BCUT2D eigenvalue weighted by Crippen LogP contribution is 2.30. The van der Waals surface area contributed by atoms with Gasteiger partial charge in [0.15, 0.2) is 0 Å². The van der Waals surface area contributed by atoms with Gasteiger partial charge in [-0.2, -0.15) is 0 Å². The van der Waals surface area contributed by atoms with Gasteiger partial charge in [-0.15, -0.1) is 0 Å². The molecule has 1 aromatic rings. The lowest BCUT2D eigenvalue weighted by Crippen LogP contribution is -2.35. The quantitative estimate of drug-likeness (QED) is 0.907. The maximum absolute atomic E-state index is 11.8. The monoisotopic (exact) mass is 263 g/mol. The van der Waals surface area contributed by atoms with E-state index < -0.39 is 17.5 Å². The minimum absolute atomic E-state index is 0.204. The zero-order valence-corrected chi connectivity index (χ0v) is 10.8. The number of benzene rings is 1. The van der Waals surface area contributed by atoms with Crippen LogP contribution in [0.15, 0.2) is 30.3 Å². The smallest absolute Gasteiger partial charge is 0.410 e. The van der Waals surface area contributed by atoms with Crippen molar-refractivity contribution in [1.29, 1.82) is 0 Å². The molecule has 5 nitrogen and oxygen atoms in total. The van der Waals surface area contributed by atoms with E-state index in [0.29, 0.717) is 13.0 Å². The molecule has 1 atom stereocenters. The van der Waals surface area contributed by atoms with E-state index in [1.54, 1.807) is 6.92 Å². The molecular weight excluding hydrogens is 246 g/mol. The van der Waals surface area contributed by atoms with Gasteiger partial charge in [-0.25, -0.2) is 4.79 Å². The molecule has 0 aromatic heterocycles. The number of hydrogen-bond donors (Lipinski definition) is 1. The predicted molar refractivity (Wildman–Crippen MR) is 68.6 cm³/mol. The van der Waals surface area contributed by atoms with Gasteiger partial charge in [-0.05, 0) is 18.9 Å². The summed E-state index contributed by atoms with van der Waals surface area (Å²) in [6, 6.07) is 9.39. The SMILES string of the molecule is C[C@]1(C(=O)O)CCN(C(=O)OCc2ccccc2)C1. The van der Waals surface area contributed by atoms with Crippen LogP contribution in [0.1, 0.15) is 18.9 Å². The molecule has 0 aliphatic carbocycles.